The molecular weight excluding hydrogens is 388 g/mol. The summed E-state index contributed by atoms with van der Waals surface area (Å²) in [6, 6.07) is 14.6. The number of aryl methyl sites for hydroxylation is 1. The highest BCUT2D eigenvalue weighted by Gasteiger charge is 2.17. The van der Waals surface area contributed by atoms with Gasteiger partial charge in [0.05, 0.1) is 10.5 Å². The summed E-state index contributed by atoms with van der Waals surface area (Å²) in [5.74, 6) is -1.16. The summed E-state index contributed by atoms with van der Waals surface area (Å²) < 4.78 is 5.68. The molecule has 0 saturated heterocycles. The molecule has 0 spiro atoms. The molecule has 0 atom stereocenters. The highest BCUT2D eigenvalue weighted by molar-refractivity contribution is 6.14. The Balaban J connectivity index is 1.95. The Morgan fingerprint density at radius 2 is 1.90 bits per heavy atom. The maximum absolute atomic E-state index is 12.6. The van der Waals surface area contributed by atoms with Gasteiger partial charge in [-0.25, -0.2) is 4.79 Å². The van der Waals surface area contributed by atoms with Crippen LogP contribution in [0.1, 0.15) is 32.0 Å². The van der Waals surface area contributed by atoms with Gasteiger partial charge in [-0.2, -0.15) is 5.26 Å². The van der Waals surface area contributed by atoms with Gasteiger partial charge in [-0.05, 0) is 36.8 Å². The van der Waals surface area contributed by atoms with Crippen molar-refractivity contribution in [1.82, 2.24) is 0 Å². The lowest BCUT2D eigenvalue weighted by molar-refractivity contribution is -0.384. The molecule has 3 rings (SSSR count). The standard InChI is InChI=1S/C22H14N2O6/c1-13-5-6-15(22(26)27)11-19(13)20-8-7-18(30-20)10-16(12-23)21(25)14-3-2-4-17(9-14)24(28)29/h2-11H,1H3,(H,26,27)/b16-10+. The number of carbonyl (C=O) groups is 2. The molecule has 0 aliphatic heterocycles. The lowest BCUT2D eigenvalue weighted by Gasteiger charge is -2.04. The van der Waals surface area contributed by atoms with Crippen LogP contribution in [0.3, 0.4) is 0 Å². The summed E-state index contributed by atoms with van der Waals surface area (Å²) >= 11 is 0. The molecule has 0 aliphatic rings. The molecule has 30 heavy (non-hydrogen) atoms. The number of carbonyl (C=O) groups excluding carboxylic acids is 1. The fraction of sp³-hybridized carbons (Fsp3) is 0.0455. The quantitative estimate of drug-likeness (QED) is 0.208. The van der Waals surface area contributed by atoms with Crippen LogP contribution in [-0.4, -0.2) is 21.8 Å². The van der Waals surface area contributed by atoms with Gasteiger partial charge in [-0.1, -0.05) is 18.2 Å². The molecule has 0 fully saturated rings. The van der Waals surface area contributed by atoms with Crippen LogP contribution in [0, 0.1) is 28.4 Å². The molecule has 0 unspecified atom stereocenters. The molecule has 1 aromatic heterocycles. The van der Waals surface area contributed by atoms with Gasteiger partial charge in [0.1, 0.15) is 23.2 Å². The molecule has 8 heteroatoms. The van der Waals surface area contributed by atoms with E-state index in [2.05, 4.69) is 0 Å². The molecule has 0 amide bonds. The van der Waals surface area contributed by atoms with Crippen molar-refractivity contribution in [1.29, 1.82) is 5.26 Å². The van der Waals surface area contributed by atoms with Gasteiger partial charge < -0.3 is 9.52 Å². The van der Waals surface area contributed by atoms with E-state index >= 15 is 0 Å². The van der Waals surface area contributed by atoms with Crippen LogP contribution in [0.2, 0.25) is 0 Å². The van der Waals surface area contributed by atoms with Crippen LogP contribution in [0.4, 0.5) is 5.69 Å². The van der Waals surface area contributed by atoms with Crippen LogP contribution in [0.25, 0.3) is 17.4 Å². The Morgan fingerprint density at radius 3 is 2.57 bits per heavy atom. The molecule has 0 aliphatic carbocycles. The minimum atomic E-state index is -1.07. The second-order valence-corrected chi connectivity index (χ2v) is 6.34. The van der Waals surface area contributed by atoms with E-state index in [0.29, 0.717) is 11.3 Å². The van der Waals surface area contributed by atoms with Gasteiger partial charge in [-0.15, -0.1) is 0 Å². The number of nitro groups is 1. The molecule has 2 aromatic carbocycles. The third kappa shape index (κ3) is 4.15. The average Bonchev–Trinajstić information content (AvgIpc) is 3.20. The second kappa shape index (κ2) is 8.24. The minimum absolute atomic E-state index is 0.00813. The van der Waals surface area contributed by atoms with Crippen LogP contribution >= 0.6 is 0 Å². The number of nitriles is 1. The van der Waals surface area contributed by atoms with Crippen molar-refractivity contribution < 1.29 is 24.0 Å². The van der Waals surface area contributed by atoms with Gasteiger partial charge >= 0.3 is 5.97 Å². The Labute approximate surface area is 170 Å². The second-order valence-electron chi connectivity index (χ2n) is 6.34. The van der Waals surface area contributed by atoms with Gasteiger partial charge in [0.2, 0.25) is 5.78 Å². The summed E-state index contributed by atoms with van der Waals surface area (Å²) in [5.41, 5.74) is 0.951. The van der Waals surface area contributed by atoms with Crippen molar-refractivity contribution in [3.05, 3.63) is 92.7 Å². The van der Waals surface area contributed by atoms with Crippen molar-refractivity contribution in [3.63, 3.8) is 0 Å². The number of rotatable bonds is 6. The number of nitrogens with zero attached hydrogens (tertiary/aromatic N) is 2. The highest BCUT2D eigenvalue weighted by atomic mass is 16.6. The van der Waals surface area contributed by atoms with E-state index in [1.807, 2.05) is 0 Å². The number of nitro benzene ring substituents is 1. The van der Waals surface area contributed by atoms with E-state index in [1.165, 1.54) is 36.4 Å². The van der Waals surface area contributed by atoms with Crippen LogP contribution < -0.4 is 0 Å². The monoisotopic (exact) mass is 402 g/mol. The number of furan rings is 1. The predicted molar refractivity (Wildman–Crippen MR) is 107 cm³/mol. The summed E-state index contributed by atoms with van der Waals surface area (Å²) in [6.07, 6.45) is 1.24. The maximum atomic E-state index is 12.6. The smallest absolute Gasteiger partial charge is 0.335 e. The Hall–Kier alpha value is -4.51. The number of Topliss-reactive ketones (excluding diaryl/α,β-unsaturated/α-hetero) is 1. The van der Waals surface area contributed by atoms with E-state index < -0.39 is 16.7 Å². The Bertz CT molecular complexity index is 1250. The zero-order valence-corrected chi connectivity index (χ0v) is 15.7. The number of benzene rings is 2. The molecule has 0 bridgehead atoms. The molecule has 0 saturated carbocycles. The SMILES string of the molecule is Cc1ccc(C(=O)O)cc1-c1ccc(/C=C(\C#N)C(=O)c2cccc([N+](=O)[O-])c2)o1. The zero-order valence-electron chi connectivity index (χ0n) is 15.7. The van der Waals surface area contributed by atoms with Crippen LogP contribution in [0.15, 0.2) is 64.6 Å². The predicted octanol–water partition coefficient (Wildman–Crippen LogP) is 4.65. The van der Waals surface area contributed by atoms with Crippen molar-refractivity contribution in [3.8, 4) is 17.4 Å². The first-order chi connectivity index (χ1) is 14.3. The van der Waals surface area contributed by atoms with Crippen molar-refractivity contribution >= 4 is 23.5 Å². The topological polar surface area (TPSA) is 134 Å². The number of carboxylic acid groups (broad SMARTS) is 1. The summed E-state index contributed by atoms with van der Waals surface area (Å²) in [7, 11) is 0. The van der Waals surface area contributed by atoms with E-state index in [4.69, 9.17) is 4.42 Å². The van der Waals surface area contributed by atoms with Crippen molar-refractivity contribution in [2.45, 2.75) is 6.92 Å². The first-order valence-electron chi connectivity index (χ1n) is 8.65. The Kier molecular flexibility index (Phi) is 5.56. The van der Waals surface area contributed by atoms with Crippen molar-refractivity contribution in [2.75, 3.05) is 0 Å². The third-order valence-corrected chi connectivity index (χ3v) is 4.35. The van der Waals surface area contributed by atoms with Crippen LogP contribution in [0.5, 0.6) is 0 Å². The maximum Gasteiger partial charge on any atom is 0.335 e. The largest absolute Gasteiger partial charge is 0.478 e. The first-order valence-corrected chi connectivity index (χ1v) is 8.65. The molecule has 1 N–H and O–H groups in total. The van der Waals surface area contributed by atoms with Crippen LogP contribution in [-0.2, 0) is 0 Å². The number of allylic oxidation sites excluding steroid dienone is 1. The fourth-order valence-electron chi connectivity index (χ4n) is 2.80. The first kappa shape index (κ1) is 20.2. The van der Waals surface area contributed by atoms with Gasteiger partial charge in [0.15, 0.2) is 0 Å². The Morgan fingerprint density at radius 1 is 1.13 bits per heavy atom. The molecular formula is C22H14N2O6. The van der Waals surface area contributed by atoms with Gasteiger partial charge in [0.25, 0.3) is 5.69 Å². The molecule has 0 radical (unpaired) electrons. The fourth-order valence-corrected chi connectivity index (χ4v) is 2.80. The number of ketones is 1. The van der Waals surface area contributed by atoms with Gasteiger partial charge in [-0.3, -0.25) is 14.9 Å². The summed E-state index contributed by atoms with van der Waals surface area (Å²) in [6.45, 7) is 1.80. The molecule has 8 nitrogen and oxygen atoms in total. The molecule has 1 heterocycles. The normalized spacial score (nSPS) is 11.0. The number of hydrogen-bond donors (Lipinski definition) is 1. The van der Waals surface area contributed by atoms with Gasteiger partial charge in [0, 0.05) is 29.3 Å². The summed E-state index contributed by atoms with van der Waals surface area (Å²) in [5, 5.41) is 29.5. The third-order valence-electron chi connectivity index (χ3n) is 4.35. The van der Waals surface area contributed by atoms with E-state index in [9.17, 15) is 30.1 Å². The zero-order chi connectivity index (χ0) is 21.8. The molecule has 148 valence electrons. The van der Waals surface area contributed by atoms with Crippen molar-refractivity contribution in [2.24, 2.45) is 0 Å². The average molecular weight is 402 g/mol. The van der Waals surface area contributed by atoms with E-state index in [-0.39, 0.29) is 28.1 Å². The minimum Gasteiger partial charge on any atom is -0.478 e. The lowest BCUT2D eigenvalue weighted by Crippen LogP contribution is -2.02. The highest BCUT2D eigenvalue weighted by Crippen LogP contribution is 2.28. The van der Waals surface area contributed by atoms with E-state index in [1.54, 1.807) is 31.2 Å². The number of non-ortho nitro benzene ring substituents is 1. The molecule has 3 aromatic rings. The lowest BCUT2D eigenvalue weighted by atomic mass is 10.0. The number of aromatic carboxylic acids is 1. The van der Waals surface area contributed by atoms with E-state index in [0.717, 1.165) is 11.6 Å². The summed E-state index contributed by atoms with van der Waals surface area (Å²) in [4.78, 5) is 34.1. The number of carboxylic acids is 1. The number of hydrogen-bond acceptors (Lipinski definition) is 6.